The van der Waals surface area contributed by atoms with Gasteiger partial charge in [-0.15, -0.1) is 11.3 Å². The van der Waals surface area contributed by atoms with E-state index in [1.807, 2.05) is 17.5 Å². The smallest absolute Gasteiger partial charge is 0.234 e. The maximum absolute atomic E-state index is 12.1. The van der Waals surface area contributed by atoms with Crippen LogP contribution >= 0.6 is 11.3 Å². The Kier molecular flexibility index (Phi) is 3.77. The molecule has 0 spiro atoms. The third-order valence-electron chi connectivity index (χ3n) is 5.23. The van der Waals surface area contributed by atoms with E-state index in [-0.39, 0.29) is 23.1 Å². The predicted molar refractivity (Wildman–Crippen MR) is 86.1 cm³/mol. The molecular weight excluding hydrogens is 298 g/mol. The van der Waals surface area contributed by atoms with Crippen LogP contribution in [0.3, 0.4) is 0 Å². The lowest BCUT2D eigenvalue weighted by Crippen LogP contribution is -2.59. The van der Waals surface area contributed by atoms with E-state index >= 15 is 0 Å². The minimum Gasteiger partial charge on any atom is -0.369 e. The highest BCUT2D eigenvalue weighted by Crippen LogP contribution is 2.62. The summed E-state index contributed by atoms with van der Waals surface area (Å²) in [6.07, 6.45) is 0.827. The normalized spacial score (nSPS) is 29.6. The van der Waals surface area contributed by atoms with E-state index in [1.54, 1.807) is 11.3 Å². The molecule has 1 aliphatic heterocycles. The molecule has 0 aromatic carbocycles. The highest BCUT2D eigenvalue weighted by atomic mass is 32.1. The number of primary amides is 1. The molecule has 3 N–H and O–H groups in total. The number of carbonyl (C=O) groups is 2. The number of likely N-dealkylation sites (tertiary alicyclic amines) is 1. The number of rotatable bonds is 5. The van der Waals surface area contributed by atoms with Gasteiger partial charge in [0.2, 0.25) is 11.8 Å². The Hall–Kier alpha value is -1.40. The number of hydrogen-bond acceptors (Lipinski definition) is 4. The Balaban J connectivity index is 1.56. The van der Waals surface area contributed by atoms with Crippen molar-refractivity contribution in [3.05, 3.63) is 22.4 Å². The minimum absolute atomic E-state index is 0.00660. The fraction of sp³-hybridized carbons (Fsp3) is 0.625. The van der Waals surface area contributed by atoms with Crippen LogP contribution in [-0.4, -0.2) is 36.3 Å². The number of amides is 2. The van der Waals surface area contributed by atoms with Crippen LogP contribution in [0.4, 0.5) is 0 Å². The van der Waals surface area contributed by atoms with Gasteiger partial charge in [-0.05, 0) is 29.2 Å². The summed E-state index contributed by atoms with van der Waals surface area (Å²) >= 11 is 1.63. The first-order valence-electron chi connectivity index (χ1n) is 7.65. The molecule has 120 valence electrons. The van der Waals surface area contributed by atoms with Crippen molar-refractivity contribution < 1.29 is 9.59 Å². The van der Waals surface area contributed by atoms with Gasteiger partial charge in [-0.1, -0.05) is 19.9 Å². The number of thiophene rings is 1. The third kappa shape index (κ3) is 2.54. The molecular formula is C16H23N3O2S. The Morgan fingerprint density at radius 2 is 2.27 bits per heavy atom. The summed E-state index contributed by atoms with van der Waals surface area (Å²) < 4.78 is 0. The van der Waals surface area contributed by atoms with Gasteiger partial charge in [0.05, 0.1) is 18.5 Å². The van der Waals surface area contributed by atoms with Crippen molar-refractivity contribution in [3.8, 4) is 0 Å². The number of nitrogens with one attached hydrogen (secondary N) is 1. The van der Waals surface area contributed by atoms with E-state index in [2.05, 4.69) is 24.1 Å². The molecule has 6 heteroatoms. The molecule has 22 heavy (non-hydrogen) atoms. The zero-order valence-corrected chi connectivity index (χ0v) is 13.9. The van der Waals surface area contributed by atoms with Gasteiger partial charge in [0.25, 0.3) is 0 Å². The molecule has 0 bridgehead atoms. The fourth-order valence-corrected chi connectivity index (χ4v) is 4.95. The second kappa shape index (κ2) is 5.35. The van der Waals surface area contributed by atoms with Crippen LogP contribution in [-0.2, 0) is 16.1 Å². The van der Waals surface area contributed by atoms with Crippen molar-refractivity contribution in [1.29, 1.82) is 0 Å². The number of fused-ring (bicyclic) bond motifs is 1. The average Bonchev–Trinajstić information content (AvgIpc) is 3.03. The van der Waals surface area contributed by atoms with E-state index in [0.717, 1.165) is 17.8 Å². The summed E-state index contributed by atoms with van der Waals surface area (Å²) in [7, 11) is 0. The molecule has 1 aromatic heterocycles. The van der Waals surface area contributed by atoms with E-state index in [0.29, 0.717) is 19.6 Å². The highest BCUT2D eigenvalue weighted by molar-refractivity contribution is 7.09. The molecule has 3 rings (SSSR count). The van der Waals surface area contributed by atoms with Crippen molar-refractivity contribution in [2.75, 3.05) is 19.6 Å². The zero-order chi connectivity index (χ0) is 16.0. The van der Waals surface area contributed by atoms with Gasteiger partial charge in [-0.2, -0.15) is 0 Å². The summed E-state index contributed by atoms with van der Waals surface area (Å²) in [5.74, 6) is 0.0630. The molecule has 1 aromatic rings. The molecule has 2 amide bonds. The summed E-state index contributed by atoms with van der Waals surface area (Å²) in [5, 5.41) is 4.94. The quantitative estimate of drug-likeness (QED) is 0.855. The van der Waals surface area contributed by atoms with E-state index in [4.69, 9.17) is 5.73 Å². The monoisotopic (exact) mass is 321 g/mol. The second-order valence-corrected chi connectivity index (χ2v) is 8.30. The lowest BCUT2D eigenvalue weighted by Gasteiger charge is -2.54. The molecule has 1 aliphatic carbocycles. The Labute approximate surface area is 134 Å². The topological polar surface area (TPSA) is 75.4 Å². The molecule has 5 nitrogen and oxygen atoms in total. The number of nitrogens with two attached hydrogens (primary N) is 1. The van der Waals surface area contributed by atoms with Crippen LogP contribution in [0.5, 0.6) is 0 Å². The van der Waals surface area contributed by atoms with Crippen LogP contribution in [0.25, 0.3) is 0 Å². The summed E-state index contributed by atoms with van der Waals surface area (Å²) in [6.45, 7) is 6.66. The molecule has 2 aliphatic rings. The first kappa shape index (κ1) is 15.5. The van der Waals surface area contributed by atoms with Gasteiger partial charge in [-0.25, -0.2) is 0 Å². The molecule has 0 radical (unpaired) electrons. The van der Waals surface area contributed by atoms with Crippen LogP contribution in [0, 0.1) is 16.7 Å². The van der Waals surface area contributed by atoms with Crippen molar-refractivity contribution in [1.82, 2.24) is 10.2 Å². The van der Waals surface area contributed by atoms with Gasteiger partial charge in [0.1, 0.15) is 0 Å². The fourth-order valence-electron chi connectivity index (χ4n) is 4.30. The van der Waals surface area contributed by atoms with Crippen LogP contribution in [0.2, 0.25) is 0 Å². The standard InChI is InChI=1S/C16H23N3O2S/c1-15(2)9-16(14(17)21)10-19(7-12(15)16)8-13(20)18-6-11-4-3-5-22-11/h3-5,12H,6-10H2,1-2H3,(H2,17,21)(H,18,20)/t12-,16+/m1/s1. The van der Waals surface area contributed by atoms with Crippen LogP contribution < -0.4 is 11.1 Å². The lowest BCUT2D eigenvalue weighted by atomic mass is 9.48. The zero-order valence-electron chi connectivity index (χ0n) is 13.1. The maximum atomic E-state index is 12.1. The van der Waals surface area contributed by atoms with Crippen molar-refractivity contribution in [3.63, 3.8) is 0 Å². The van der Waals surface area contributed by atoms with Gasteiger partial charge >= 0.3 is 0 Å². The molecule has 2 atom stereocenters. The Bertz CT molecular complexity index is 584. The maximum Gasteiger partial charge on any atom is 0.234 e. The minimum atomic E-state index is -0.419. The molecule has 1 saturated carbocycles. The molecule has 2 heterocycles. The van der Waals surface area contributed by atoms with Crippen LogP contribution in [0.1, 0.15) is 25.1 Å². The summed E-state index contributed by atoms with van der Waals surface area (Å²) in [4.78, 5) is 27.2. The SMILES string of the molecule is CC1(C)C[C@]2(C(N)=O)CN(CC(=O)NCc3cccs3)C[C@H]12. The third-order valence-corrected chi connectivity index (χ3v) is 6.10. The number of hydrogen-bond donors (Lipinski definition) is 2. The predicted octanol–water partition coefficient (Wildman–Crippen LogP) is 1.20. The van der Waals surface area contributed by atoms with Gasteiger partial charge < -0.3 is 11.1 Å². The van der Waals surface area contributed by atoms with Gasteiger partial charge in [0.15, 0.2) is 0 Å². The van der Waals surface area contributed by atoms with Crippen molar-refractivity contribution >= 4 is 23.2 Å². The summed E-state index contributed by atoms with van der Waals surface area (Å²) in [5.41, 5.74) is 5.36. The molecule has 1 saturated heterocycles. The highest BCUT2D eigenvalue weighted by Gasteiger charge is 2.65. The van der Waals surface area contributed by atoms with Gasteiger partial charge in [0, 0.05) is 18.0 Å². The lowest BCUT2D eigenvalue weighted by molar-refractivity contribution is -0.148. The van der Waals surface area contributed by atoms with Gasteiger partial charge in [-0.3, -0.25) is 14.5 Å². The van der Waals surface area contributed by atoms with Crippen LogP contribution in [0.15, 0.2) is 17.5 Å². The van der Waals surface area contributed by atoms with E-state index < -0.39 is 5.41 Å². The number of carbonyl (C=O) groups excluding carboxylic acids is 2. The number of nitrogens with zero attached hydrogens (tertiary/aromatic N) is 1. The first-order valence-corrected chi connectivity index (χ1v) is 8.53. The Morgan fingerprint density at radius 3 is 2.82 bits per heavy atom. The second-order valence-electron chi connectivity index (χ2n) is 7.26. The average molecular weight is 321 g/mol. The van der Waals surface area contributed by atoms with E-state index in [9.17, 15) is 9.59 Å². The largest absolute Gasteiger partial charge is 0.369 e. The Morgan fingerprint density at radius 1 is 1.50 bits per heavy atom. The van der Waals surface area contributed by atoms with Crippen molar-refractivity contribution in [2.45, 2.75) is 26.8 Å². The first-order chi connectivity index (χ1) is 10.3. The molecule has 0 unspecified atom stereocenters. The van der Waals surface area contributed by atoms with Crippen molar-refractivity contribution in [2.24, 2.45) is 22.5 Å². The van der Waals surface area contributed by atoms with E-state index in [1.165, 1.54) is 0 Å². The summed E-state index contributed by atoms with van der Waals surface area (Å²) in [6, 6.07) is 3.98. The molecule has 2 fully saturated rings.